The van der Waals surface area contributed by atoms with Crippen molar-refractivity contribution in [1.29, 1.82) is 0 Å². The summed E-state index contributed by atoms with van der Waals surface area (Å²) >= 11 is 0. The number of ether oxygens (including phenoxy) is 1. The van der Waals surface area contributed by atoms with E-state index < -0.39 is 0 Å². The van der Waals surface area contributed by atoms with Crippen molar-refractivity contribution < 1.29 is 40.5 Å². The minimum absolute atomic E-state index is 0. The number of aryl methyl sites for hydroxylation is 1. The molecule has 0 fully saturated rings. The van der Waals surface area contributed by atoms with E-state index in [0.717, 1.165) is 5.69 Å². The Bertz CT molecular complexity index is 262. The van der Waals surface area contributed by atoms with Gasteiger partial charge in [-0.15, -0.1) is 0 Å². The molecule has 0 aromatic carbocycles. The van der Waals surface area contributed by atoms with Crippen LogP contribution in [0.5, 0.6) is 0 Å². The molecule has 0 aliphatic carbocycles. The minimum atomic E-state index is -0.291. The average molecular weight is 177 g/mol. The zero-order valence-electron chi connectivity index (χ0n) is 8.68. The maximum atomic E-state index is 11.0. The third-order valence-corrected chi connectivity index (χ3v) is 1.33. The molecule has 0 unspecified atom stereocenters. The summed E-state index contributed by atoms with van der Waals surface area (Å²) in [6.07, 6.45) is 0. The number of hydrogen-bond acceptors (Lipinski definition) is 2. The van der Waals surface area contributed by atoms with Crippen molar-refractivity contribution in [1.82, 2.24) is 4.98 Å². The summed E-state index contributed by atoms with van der Waals surface area (Å²) in [5.41, 5.74) is 1.48. The van der Waals surface area contributed by atoms with Crippen molar-refractivity contribution in [3.8, 4) is 0 Å². The van der Waals surface area contributed by atoms with Gasteiger partial charge >= 0.3 is 35.5 Å². The van der Waals surface area contributed by atoms with Gasteiger partial charge < -0.3 is 11.1 Å². The summed E-state index contributed by atoms with van der Waals surface area (Å²) in [6.45, 7) is 4.09. The van der Waals surface area contributed by atoms with Gasteiger partial charge in [0.2, 0.25) is 0 Å². The molecule has 1 N–H and O–H groups in total. The van der Waals surface area contributed by atoms with Gasteiger partial charge in [0.1, 0.15) is 5.69 Å². The second kappa shape index (κ2) is 5.41. The Labute approximate surface area is 95.3 Å². The standard InChI is InChI=1S/C8H11NO2.Na.H/c1-3-11-8(10)7-5-4-6(2)9-7;;/h4-5,9H,3H2,1-2H3;;/q;+1;-1. The summed E-state index contributed by atoms with van der Waals surface area (Å²) in [5.74, 6) is -0.291. The predicted octanol–water partition coefficient (Wildman–Crippen LogP) is -1.38. The molecule has 4 heteroatoms. The fourth-order valence-corrected chi connectivity index (χ4v) is 0.832. The van der Waals surface area contributed by atoms with Crippen molar-refractivity contribution in [2.45, 2.75) is 13.8 Å². The SMILES string of the molecule is CCOC(=O)c1ccc(C)[nH]1.[H-].[Na+]. The van der Waals surface area contributed by atoms with Gasteiger partial charge in [-0.3, -0.25) is 0 Å². The van der Waals surface area contributed by atoms with E-state index in [0.29, 0.717) is 12.3 Å². The van der Waals surface area contributed by atoms with Gasteiger partial charge in [-0.2, -0.15) is 0 Å². The molecule has 0 aliphatic heterocycles. The van der Waals surface area contributed by atoms with Crippen molar-refractivity contribution in [3.63, 3.8) is 0 Å². The number of aromatic amines is 1. The Morgan fingerprint density at radius 1 is 1.67 bits per heavy atom. The first-order valence-electron chi connectivity index (χ1n) is 3.56. The van der Waals surface area contributed by atoms with Gasteiger partial charge in [-0.1, -0.05) is 0 Å². The Hall–Kier alpha value is -0.250. The summed E-state index contributed by atoms with van der Waals surface area (Å²) < 4.78 is 4.77. The van der Waals surface area contributed by atoms with Gasteiger partial charge in [0.05, 0.1) is 6.61 Å². The Morgan fingerprint density at radius 3 is 2.75 bits per heavy atom. The molecule has 0 radical (unpaired) electrons. The maximum Gasteiger partial charge on any atom is 1.00 e. The molecule has 1 aromatic rings. The van der Waals surface area contributed by atoms with E-state index in [9.17, 15) is 4.79 Å². The number of nitrogens with one attached hydrogen (secondary N) is 1. The fraction of sp³-hybridized carbons (Fsp3) is 0.375. The number of H-pyrrole nitrogens is 1. The molecule has 12 heavy (non-hydrogen) atoms. The second-order valence-corrected chi connectivity index (χ2v) is 2.28. The number of carbonyl (C=O) groups is 1. The summed E-state index contributed by atoms with van der Waals surface area (Å²) in [4.78, 5) is 13.9. The topological polar surface area (TPSA) is 42.1 Å². The number of aromatic nitrogens is 1. The average Bonchev–Trinajstić information content (AvgIpc) is 2.36. The quantitative estimate of drug-likeness (QED) is 0.446. The molecule has 0 saturated carbocycles. The molecule has 0 spiro atoms. The Kier molecular flexibility index (Phi) is 5.29. The van der Waals surface area contributed by atoms with Crippen LogP contribution in [0, 0.1) is 6.92 Å². The molecular formula is C8H12NNaO2. The largest absolute Gasteiger partial charge is 1.00 e. The molecule has 62 valence electrons. The summed E-state index contributed by atoms with van der Waals surface area (Å²) in [5, 5.41) is 0. The van der Waals surface area contributed by atoms with Crippen LogP contribution in [0.3, 0.4) is 0 Å². The van der Waals surface area contributed by atoms with Crippen LogP contribution in [0.4, 0.5) is 0 Å². The molecule has 0 amide bonds. The number of esters is 1. The van der Waals surface area contributed by atoms with Crippen molar-refractivity contribution >= 4 is 5.97 Å². The van der Waals surface area contributed by atoms with E-state index in [-0.39, 0.29) is 37.0 Å². The van der Waals surface area contributed by atoms with Crippen LogP contribution in [0.1, 0.15) is 24.5 Å². The second-order valence-electron chi connectivity index (χ2n) is 2.28. The van der Waals surface area contributed by atoms with Gasteiger partial charge in [0, 0.05) is 5.69 Å². The third kappa shape index (κ3) is 3.01. The molecule has 0 atom stereocenters. The first-order chi connectivity index (χ1) is 5.24. The Morgan fingerprint density at radius 2 is 2.33 bits per heavy atom. The molecule has 1 rings (SSSR count). The number of rotatable bonds is 2. The van der Waals surface area contributed by atoms with Crippen molar-refractivity contribution in [3.05, 3.63) is 23.5 Å². The summed E-state index contributed by atoms with van der Waals surface area (Å²) in [6, 6.07) is 3.56. The van der Waals surface area contributed by atoms with Gasteiger partial charge in [0.15, 0.2) is 0 Å². The maximum absolute atomic E-state index is 11.0. The van der Waals surface area contributed by atoms with Crippen LogP contribution in [-0.4, -0.2) is 17.6 Å². The van der Waals surface area contributed by atoms with Gasteiger partial charge in [-0.25, -0.2) is 4.79 Å². The summed E-state index contributed by atoms with van der Waals surface area (Å²) in [7, 11) is 0. The van der Waals surface area contributed by atoms with Crippen LogP contribution in [-0.2, 0) is 4.74 Å². The minimum Gasteiger partial charge on any atom is -1.00 e. The Balaban J connectivity index is 0. The zero-order chi connectivity index (χ0) is 8.27. The number of hydrogen-bond donors (Lipinski definition) is 1. The zero-order valence-corrected chi connectivity index (χ0v) is 9.68. The van der Waals surface area contributed by atoms with Crippen LogP contribution in [0.2, 0.25) is 0 Å². The van der Waals surface area contributed by atoms with Crippen molar-refractivity contribution in [2.24, 2.45) is 0 Å². The third-order valence-electron chi connectivity index (χ3n) is 1.33. The predicted molar refractivity (Wildman–Crippen MR) is 42.6 cm³/mol. The van der Waals surface area contributed by atoms with E-state index in [1.807, 2.05) is 13.0 Å². The molecule has 3 nitrogen and oxygen atoms in total. The normalized spacial score (nSPS) is 8.83. The number of carbonyl (C=O) groups excluding carboxylic acids is 1. The molecule has 1 aromatic heterocycles. The van der Waals surface area contributed by atoms with E-state index in [4.69, 9.17) is 4.74 Å². The first kappa shape index (κ1) is 11.8. The monoisotopic (exact) mass is 177 g/mol. The van der Waals surface area contributed by atoms with Crippen LogP contribution < -0.4 is 29.6 Å². The smallest absolute Gasteiger partial charge is 1.00 e. The van der Waals surface area contributed by atoms with E-state index in [1.165, 1.54) is 0 Å². The van der Waals surface area contributed by atoms with Gasteiger partial charge in [0.25, 0.3) is 0 Å². The van der Waals surface area contributed by atoms with Crippen LogP contribution in [0.15, 0.2) is 12.1 Å². The fourth-order valence-electron chi connectivity index (χ4n) is 0.832. The molecule has 0 saturated heterocycles. The van der Waals surface area contributed by atoms with E-state index in [1.54, 1.807) is 13.0 Å². The van der Waals surface area contributed by atoms with Crippen LogP contribution >= 0.6 is 0 Å². The molecule has 0 aliphatic rings. The van der Waals surface area contributed by atoms with Crippen LogP contribution in [0.25, 0.3) is 0 Å². The molecule has 0 bridgehead atoms. The van der Waals surface area contributed by atoms with E-state index in [2.05, 4.69) is 4.98 Å². The molecular weight excluding hydrogens is 165 g/mol. The molecule has 1 heterocycles. The first-order valence-corrected chi connectivity index (χ1v) is 3.56. The van der Waals surface area contributed by atoms with Crippen molar-refractivity contribution in [2.75, 3.05) is 6.61 Å². The van der Waals surface area contributed by atoms with Gasteiger partial charge in [-0.05, 0) is 26.0 Å². The van der Waals surface area contributed by atoms with E-state index >= 15 is 0 Å².